The molecule has 0 aliphatic heterocycles. The van der Waals surface area contributed by atoms with Gasteiger partial charge in [0.05, 0.1) is 0 Å². The van der Waals surface area contributed by atoms with Crippen LogP contribution in [0.5, 0.6) is 0 Å². The Morgan fingerprint density at radius 3 is 2.46 bits per heavy atom. The molecule has 6 heteroatoms. The number of rotatable bonds is 2. The van der Waals surface area contributed by atoms with Crippen molar-refractivity contribution in [3.63, 3.8) is 0 Å². The van der Waals surface area contributed by atoms with Crippen molar-refractivity contribution in [2.24, 2.45) is 5.73 Å². The molecule has 0 aliphatic carbocycles. The predicted molar refractivity (Wildman–Crippen MR) is 49.9 cm³/mol. The van der Waals surface area contributed by atoms with Gasteiger partial charge < -0.3 is 5.73 Å². The van der Waals surface area contributed by atoms with E-state index in [0.717, 1.165) is 11.3 Å². The van der Waals surface area contributed by atoms with E-state index in [0.29, 0.717) is 4.47 Å². The number of halogens is 4. The maximum atomic E-state index is 12.4. The van der Waals surface area contributed by atoms with Crippen molar-refractivity contribution in [1.29, 1.82) is 0 Å². The minimum atomic E-state index is -4.26. The van der Waals surface area contributed by atoms with Gasteiger partial charge in [-0.25, -0.2) is 0 Å². The standard InChI is InChI=1S/C7H7BrF3NS/c8-5-1-2-13-6(5)4(3-12)7(9,10)11/h1-2,4H,3,12H2. The first-order valence-electron chi connectivity index (χ1n) is 3.46. The summed E-state index contributed by atoms with van der Waals surface area (Å²) in [6.45, 7) is -0.414. The van der Waals surface area contributed by atoms with Crippen LogP contribution >= 0.6 is 27.3 Å². The molecule has 1 aromatic heterocycles. The molecule has 1 rings (SSSR count). The SMILES string of the molecule is NCC(c1sccc1Br)C(F)(F)F. The monoisotopic (exact) mass is 273 g/mol. The fraction of sp³-hybridized carbons (Fsp3) is 0.429. The van der Waals surface area contributed by atoms with Gasteiger partial charge in [0.15, 0.2) is 0 Å². The minimum absolute atomic E-state index is 0.245. The summed E-state index contributed by atoms with van der Waals surface area (Å²) in [6.07, 6.45) is -4.26. The summed E-state index contributed by atoms with van der Waals surface area (Å²) in [5.41, 5.74) is 5.08. The summed E-state index contributed by atoms with van der Waals surface area (Å²) in [7, 11) is 0. The highest BCUT2D eigenvalue weighted by Crippen LogP contribution is 2.40. The Bertz CT molecular complexity index is 284. The summed E-state index contributed by atoms with van der Waals surface area (Å²) in [5.74, 6) is -1.55. The molecule has 1 atom stereocenters. The molecular formula is C7H7BrF3NS. The lowest BCUT2D eigenvalue weighted by atomic mass is 10.1. The molecule has 74 valence electrons. The van der Waals surface area contributed by atoms with Gasteiger partial charge in [0, 0.05) is 15.9 Å². The smallest absolute Gasteiger partial charge is 0.329 e. The minimum Gasteiger partial charge on any atom is -0.329 e. The number of hydrogen-bond donors (Lipinski definition) is 1. The zero-order chi connectivity index (χ0) is 10.1. The van der Waals surface area contributed by atoms with Gasteiger partial charge in [0.2, 0.25) is 0 Å². The van der Waals surface area contributed by atoms with Gasteiger partial charge >= 0.3 is 6.18 Å². The number of nitrogens with two attached hydrogens (primary N) is 1. The summed E-state index contributed by atoms with van der Waals surface area (Å²) >= 11 is 4.12. The highest BCUT2D eigenvalue weighted by Gasteiger charge is 2.41. The Hall–Kier alpha value is -0.0700. The Kier molecular flexibility index (Phi) is 3.37. The average Bonchev–Trinajstić information content (AvgIpc) is 2.35. The van der Waals surface area contributed by atoms with Crippen LogP contribution in [0.1, 0.15) is 10.8 Å². The van der Waals surface area contributed by atoms with Crippen molar-refractivity contribution < 1.29 is 13.2 Å². The number of alkyl halides is 3. The summed E-state index contributed by atoms with van der Waals surface area (Å²) < 4.78 is 37.6. The lowest BCUT2D eigenvalue weighted by molar-refractivity contribution is -0.147. The van der Waals surface area contributed by atoms with E-state index in [1.165, 1.54) is 0 Å². The van der Waals surface area contributed by atoms with Gasteiger partial charge in [-0.3, -0.25) is 0 Å². The molecule has 0 aliphatic rings. The van der Waals surface area contributed by atoms with Crippen LogP contribution in [0, 0.1) is 0 Å². The Morgan fingerprint density at radius 1 is 1.54 bits per heavy atom. The van der Waals surface area contributed by atoms with Gasteiger partial charge in [-0.15, -0.1) is 11.3 Å². The normalized spacial score (nSPS) is 14.5. The number of thiophene rings is 1. The molecule has 0 saturated carbocycles. The molecule has 0 spiro atoms. The van der Waals surface area contributed by atoms with Crippen LogP contribution in [0.4, 0.5) is 13.2 Å². The van der Waals surface area contributed by atoms with Gasteiger partial charge in [0.1, 0.15) is 5.92 Å². The van der Waals surface area contributed by atoms with E-state index < -0.39 is 18.6 Å². The highest BCUT2D eigenvalue weighted by atomic mass is 79.9. The van der Waals surface area contributed by atoms with E-state index in [2.05, 4.69) is 15.9 Å². The molecule has 0 radical (unpaired) electrons. The quantitative estimate of drug-likeness (QED) is 0.881. The fourth-order valence-electron chi connectivity index (χ4n) is 0.943. The molecule has 2 N–H and O–H groups in total. The first-order chi connectivity index (χ1) is 5.96. The van der Waals surface area contributed by atoms with Gasteiger partial charge in [-0.05, 0) is 27.4 Å². The fourth-order valence-corrected chi connectivity index (χ4v) is 2.73. The van der Waals surface area contributed by atoms with Crippen molar-refractivity contribution in [3.8, 4) is 0 Å². The van der Waals surface area contributed by atoms with Crippen LogP contribution in [0.2, 0.25) is 0 Å². The summed E-state index contributed by atoms with van der Waals surface area (Å²) in [5, 5.41) is 1.60. The molecule has 0 amide bonds. The second-order valence-electron chi connectivity index (χ2n) is 2.46. The largest absolute Gasteiger partial charge is 0.397 e. The highest BCUT2D eigenvalue weighted by molar-refractivity contribution is 9.10. The van der Waals surface area contributed by atoms with Crippen molar-refractivity contribution in [2.75, 3.05) is 6.54 Å². The van der Waals surface area contributed by atoms with Crippen LogP contribution in [0.25, 0.3) is 0 Å². The van der Waals surface area contributed by atoms with E-state index in [-0.39, 0.29) is 4.88 Å². The average molecular weight is 274 g/mol. The third-order valence-electron chi connectivity index (χ3n) is 1.59. The first kappa shape index (κ1) is 11.0. The van der Waals surface area contributed by atoms with Crippen LogP contribution < -0.4 is 5.73 Å². The summed E-state index contributed by atoms with van der Waals surface area (Å²) in [6, 6.07) is 1.59. The van der Waals surface area contributed by atoms with Crippen LogP contribution in [0.3, 0.4) is 0 Å². The van der Waals surface area contributed by atoms with Crippen molar-refractivity contribution >= 4 is 27.3 Å². The Balaban J connectivity index is 2.98. The topological polar surface area (TPSA) is 26.0 Å². The van der Waals surface area contributed by atoms with Gasteiger partial charge in [-0.2, -0.15) is 13.2 Å². The molecule has 0 saturated heterocycles. The van der Waals surface area contributed by atoms with Crippen molar-refractivity contribution in [2.45, 2.75) is 12.1 Å². The first-order valence-corrected chi connectivity index (χ1v) is 5.13. The number of hydrogen-bond acceptors (Lipinski definition) is 2. The predicted octanol–water partition coefficient (Wildman–Crippen LogP) is 3.12. The third kappa shape index (κ3) is 2.45. The Labute approximate surface area is 85.9 Å². The molecule has 1 heterocycles. The second kappa shape index (κ2) is 3.98. The van der Waals surface area contributed by atoms with Crippen LogP contribution in [0.15, 0.2) is 15.9 Å². The second-order valence-corrected chi connectivity index (χ2v) is 4.26. The summed E-state index contributed by atoms with van der Waals surface area (Å²) in [4.78, 5) is 0.245. The molecule has 1 unspecified atom stereocenters. The van der Waals surface area contributed by atoms with E-state index >= 15 is 0 Å². The zero-order valence-corrected chi connectivity index (χ0v) is 8.84. The molecule has 1 aromatic rings. The van der Waals surface area contributed by atoms with Crippen molar-refractivity contribution in [1.82, 2.24) is 0 Å². The zero-order valence-electron chi connectivity index (χ0n) is 6.44. The molecule has 0 fully saturated rings. The van der Waals surface area contributed by atoms with Crippen LogP contribution in [-0.2, 0) is 0 Å². The molecule has 0 bridgehead atoms. The lowest BCUT2D eigenvalue weighted by Gasteiger charge is -2.17. The molecule has 1 nitrogen and oxygen atoms in total. The van der Waals surface area contributed by atoms with E-state index in [1.54, 1.807) is 11.4 Å². The third-order valence-corrected chi connectivity index (χ3v) is 3.58. The molecule has 13 heavy (non-hydrogen) atoms. The van der Waals surface area contributed by atoms with E-state index in [4.69, 9.17) is 5.73 Å². The van der Waals surface area contributed by atoms with Gasteiger partial charge in [-0.1, -0.05) is 0 Å². The lowest BCUT2D eigenvalue weighted by Crippen LogP contribution is -2.27. The van der Waals surface area contributed by atoms with Crippen molar-refractivity contribution in [3.05, 3.63) is 20.8 Å². The van der Waals surface area contributed by atoms with Crippen LogP contribution in [-0.4, -0.2) is 12.7 Å². The maximum Gasteiger partial charge on any atom is 0.397 e. The van der Waals surface area contributed by atoms with E-state index in [9.17, 15) is 13.2 Å². The van der Waals surface area contributed by atoms with E-state index in [1.807, 2.05) is 0 Å². The molecule has 0 aromatic carbocycles. The molecular weight excluding hydrogens is 267 g/mol. The maximum absolute atomic E-state index is 12.4. The Morgan fingerprint density at radius 2 is 2.15 bits per heavy atom. The van der Waals surface area contributed by atoms with Gasteiger partial charge in [0.25, 0.3) is 0 Å².